The van der Waals surface area contributed by atoms with E-state index in [4.69, 9.17) is 9.52 Å². The summed E-state index contributed by atoms with van der Waals surface area (Å²) in [5.74, 6) is 0.297. The van der Waals surface area contributed by atoms with Gasteiger partial charge in [-0.15, -0.1) is 0 Å². The molecule has 0 saturated carbocycles. The van der Waals surface area contributed by atoms with E-state index in [9.17, 15) is 4.79 Å². The van der Waals surface area contributed by atoms with Crippen LogP contribution >= 0.6 is 0 Å². The third-order valence-electron chi connectivity index (χ3n) is 3.85. The number of nitrogens with one attached hydrogen (secondary N) is 1. The lowest BCUT2D eigenvalue weighted by Gasteiger charge is -2.23. The highest BCUT2D eigenvalue weighted by molar-refractivity contribution is 5.15. The summed E-state index contributed by atoms with van der Waals surface area (Å²) < 4.78 is 5.25. The van der Waals surface area contributed by atoms with E-state index in [1.54, 1.807) is 0 Å². The fourth-order valence-electron chi connectivity index (χ4n) is 2.91. The second kappa shape index (κ2) is 4.74. The zero-order chi connectivity index (χ0) is 12.5. The van der Waals surface area contributed by atoms with E-state index >= 15 is 0 Å². The SMILES string of the molecule is O=c1cc(CN2CCC3CCC(C2)N3)occ1O. The molecule has 3 rings (SSSR count). The highest BCUT2D eigenvalue weighted by Gasteiger charge is 2.29. The van der Waals surface area contributed by atoms with Crippen molar-refractivity contribution in [2.24, 2.45) is 0 Å². The quantitative estimate of drug-likeness (QED) is 0.807. The zero-order valence-corrected chi connectivity index (χ0v) is 10.3. The van der Waals surface area contributed by atoms with Crippen LogP contribution in [0.25, 0.3) is 0 Å². The predicted molar refractivity (Wildman–Crippen MR) is 66.5 cm³/mol. The Morgan fingerprint density at radius 3 is 3.06 bits per heavy atom. The van der Waals surface area contributed by atoms with Crippen LogP contribution in [0.2, 0.25) is 0 Å². The van der Waals surface area contributed by atoms with Gasteiger partial charge in [-0.05, 0) is 19.3 Å². The molecule has 2 saturated heterocycles. The first-order valence-corrected chi connectivity index (χ1v) is 6.50. The van der Waals surface area contributed by atoms with Crippen molar-refractivity contribution in [3.8, 4) is 5.75 Å². The molecule has 0 radical (unpaired) electrons. The van der Waals surface area contributed by atoms with Gasteiger partial charge in [0.05, 0.1) is 6.54 Å². The summed E-state index contributed by atoms with van der Waals surface area (Å²) >= 11 is 0. The Kier molecular flexibility index (Phi) is 3.09. The van der Waals surface area contributed by atoms with Crippen molar-refractivity contribution < 1.29 is 9.52 Å². The van der Waals surface area contributed by atoms with E-state index in [0.29, 0.717) is 24.4 Å². The van der Waals surface area contributed by atoms with Crippen molar-refractivity contribution in [3.05, 3.63) is 28.3 Å². The first-order valence-electron chi connectivity index (χ1n) is 6.50. The lowest BCUT2D eigenvalue weighted by Crippen LogP contribution is -2.35. The van der Waals surface area contributed by atoms with Gasteiger partial charge in [-0.3, -0.25) is 9.69 Å². The number of nitrogens with zero attached hydrogens (tertiary/aromatic N) is 1. The molecule has 2 atom stereocenters. The molecule has 0 aliphatic carbocycles. The average Bonchev–Trinajstić information content (AvgIpc) is 2.68. The fraction of sp³-hybridized carbons (Fsp3) is 0.615. The van der Waals surface area contributed by atoms with Gasteiger partial charge in [-0.2, -0.15) is 0 Å². The van der Waals surface area contributed by atoms with Crippen molar-refractivity contribution in [2.75, 3.05) is 13.1 Å². The topological polar surface area (TPSA) is 65.7 Å². The van der Waals surface area contributed by atoms with Gasteiger partial charge in [0, 0.05) is 31.2 Å². The summed E-state index contributed by atoms with van der Waals surface area (Å²) in [6.07, 6.45) is 4.80. The van der Waals surface area contributed by atoms with Crippen LogP contribution in [0, 0.1) is 0 Å². The monoisotopic (exact) mass is 250 g/mol. The van der Waals surface area contributed by atoms with Gasteiger partial charge in [0.25, 0.3) is 0 Å². The van der Waals surface area contributed by atoms with E-state index in [-0.39, 0.29) is 11.2 Å². The summed E-state index contributed by atoms with van der Waals surface area (Å²) in [6, 6.07) is 2.61. The first-order chi connectivity index (χ1) is 8.70. The maximum absolute atomic E-state index is 11.3. The number of rotatable bonds is 2. The van der Waals surface area contributed by atoms with Crippen LogP contribution in [-0.2, 0) is 6.54 Å². The molecular weight excluding hydrogens is 232 g/mol. The van der Waals surface area contributed by atoms with E-state index in [1.165, 1.54) is 18.9 Å². The van der Waals surface area contributed by atoms with Gasteiger partial charge in [-0.1, -0.05) is 0 Å². The van der Waals surface area contributed by atoms with Gasteiger partial charge in [0.1, 0.15) is 12.0 Å². The molecule has 1 aromatic heterocycles. The Bertz CT molecular complexity index is 485. The fourth-order valence-corrected chi connectivity index (χ4v) is 2.91. The van der Waals surface area contributed by atoms with E-state index in [2.05, 4.69) is 10.2 Å². The van der Waals surface area contributed by atoms with Gasteiger partial charge in [-0.25, -0.2) is 0 Å². The molecule has 18 heavy (non-hydrogen) atoms. The van der Waals surface area contributed by atoms with Gasteiger partial charge < -0.3 is 14.8 Å². The number of likely N-dealkylation sites (tertiary alicyclic amines) is 1. The van der Waals surface area contributed by atoms with Crippen LogP contribution in [0.3, 0.4) is 0 Å². The molecule has 2 aliphatic heterocycles. The van der Waals surface area contributed by atoms with Crippen LogP contribution in [0.1, 0.15) is 25.0 Å². The normalized spacial score (nSPS) is 28.2. The largest absolute Gasteiger partial charge is 0.502 e. The summed E-state index contributed by atoms with van der Waals surface area (Å²) in [5, 5.41) is 12.8. The van der Waals surface area contributed by atoms with Crippen LogP contribution in [0.5, 0.6) is 5.75 Å². The maximum Gasteiger partial charge on any atom is 0.226 e. The molecular formula is C13H18N2O3. The molecule has 2 bridgehead atoms. The third kappa shape index (κ3) is 2.42. The maximum atomic E-state index is 11.3. The Morgan fingerprint density at radius 1 is 1.39 bits per heavy atom. The Hall–Kier alpha value is -1.33. The molecule has 2 fully saturated rings. The Balaban J connectivity index is 1.68. The minimum Gasteiger partial charge on any atom is -0.502 e. The molecule has 0 amide bonds. The second-order valence-corrected chi connectivity index (χ2v) is 5.26. The molecule has 98 valence electrons. The minimum absolute atomic E-state index is 0.324. The number of aromatic hydroxyl groups is 1. The van der Waals surface area contributed by atoms with E-state index in [1.807, 2.05) is 0 Å². The number of hydrogen-bond donors (Lipinski definition) is 2. The van der Waals surface area contributed by atoms with Crippen molar-refractivity contribution in [1.82, 2.24) is 10.2 Å². The molecule has 0 spiro atoms. The lowest BCUT2D eigenvalue weighted by molar-refractivity contribution is 0.228. The Labute approximate surface area is 105 Å². The average molecular weight is 250 g/mol. The van der Waals surface area contributed by atoms with Crippen LogP contribution in [0.15, 0.2) is 21.5 Å². The molecule has 5 heteroatoms. The summed E-state index contributed by atoms with van der Waals surface area (Å²) in [5.41, 5.74) is -0.370. The lowest BCUT2D eigenvalue weighted by atomic mass is 10.1. The molecule has 5 nitrogen and oxygen atoms in total. The zero-order valence-electron chi connectivity index (χ0n) is 10.3. The van der Waals surface area contributed by atoms with Crippen molar-refractivity contribution in [2.45, 2.75) is 37.9 Å². The first kappa shape index (κ1) is 11.7. The van der Waals surface area contributed by atoms with Crippen LogP contribution < -0.4 is 10.7 Å². The highest BCUT2D eigenvalue weighted by Crippen LogP contribution is 2.21. The number of fused-ring (bicyclic) bond motifs is 2. The van der Waals surface area contributed by atoms with Crippen molar-refractivity contribution in [3.63, 3.8) is 0 Å². The summed E-state index contributed by atoms with van der Waals surface area (Å²) in [7, 11) is 0. The van der Waals surface area contributed by atoms with E-state index < -0.39 is 0 Å². The minimum atomic E-state index is -0.370. The number of hydrogen-bond acceptors (Lipinski definition) is 5. The standard InChI is InChI=1S/C13H18N2O3/c16-12-5-11(18-8-13(12)17)7-15-4-3-9-1-2-10(6-15)14-9/h5,8-10,14,17H,1-4,6-7H2. The highest BCUT2D eigenvalue weighted by atomic mass is 16.4. The van der Waals surface area contributed by atoms with Crippen LogP contribution in [0.4, 0.5) is 0 Å². The van der Waals surface area contributed by atoms with Gasteiger partial charge in [0.2, 0.25) is 5.43 Å². The molecule has 2 aliphatic rings. The van der Waals surface area contributed by atoms with Crippen LogP contribution in [-0.4, -0.2) is 35.2 Å². The molecule has 2 unspecified atom stereocenters. The molecule has 3 heterocycles. The van der Waals surface area contributed by atoms with E-state index in [0.717, 1.165) is 25.8 Å². The smallest absolute Gasteiger partial charge is 0.226 e. The Morgan fingerprint density at radius 2 is 2.22 bits per heavy atom. The van der Waals surface area contributed by atoms with Gasteiger partial charge >= 0.3 is 0 Å². The van der Waals surface area contributed by atoms with Gasteiger partial charge in [0.15, 0.2) is 5.75 Å². The predicted octanol–water partition coefficient (Wildman–Crippen LogP) is 0.672. The summed E-state index contributed by atoms with van der Waals surface area (Å²) in [6.45, 7) is 2.67. The van der Waals surface area contributed by atoms with Crippen molar-refractivity contribution in [1.29, 1.82) is 0 Å². The molecule has 2 N–H and O–H groups in total. The molecule has 1 aromatic rings. The van der Waals surface area contributed by atoms with Crippen molar-refractivity contribution >= 4 is 0 Å². The summed E-state index contributed by atoms with van der Waals surface area (Å²) in [4.78, 5) is 13.6. The molecule has 0 aromatic carbocycles. The second-order valence-electron chi connectivity index (χ2n) is 5.26. The third-order valence-corrected chi connectivity index (χ3v) is 3.85.